The number of carboxylic acids is 1. The van der Waals surface area contributed by atoms with E-state index in [2.05, 4.69) is 28.7 Å². The molecule has 1 N–H and O–H groups in total. The molecule has 0 aliphatic carbocycles. The normalized spacial score (nSPS) is 10.6. The summed E-state index contributed by atoms with van der Waals surface area (Å²) in [5, 5.41) is 8.46. The first-order valence-electron chi connectivity index (χ1n) is 4.28. The molecule has 1 aromatic carbocycles. The zero-order valence-electron chi connectivity index (χ0n) is 7.61. The van der Waals surface area contributed by atoms with Crippen molar-refractivity contribution in [1.82, 2.24) is 0 Å². The number of halogens is 1. The summed E-state index contributed by atoms with van der Waals surface area (Å²) in [5.74, 6) is -0.913. The van der Waals surface area contributed by atoms with Gasteiger partial charge in [0.05, 0.1) is 0 Å². The maximum atomic E-state index is 10.3. The predicted octanol–water partition coefficient (Wildman–Crippen LogP) is 2.76. The van der Waals surface area contributed by atoms with Crippen molar-refractivity contribution in [3.63, 3.8) is 0 Å². The van der Waals surface area contributed by atoms with Crippen LogP contribution in [0.5, 0.6) is 0 Å². The topological polar surface area (TPSA) is 37.3 Å². The smallest absolute Gasteiger partial charge is 0.328 e. The zero-order chi connectivity index (χ0) is 10.4. The van der Waals surface area contributed by atoms with Crippen molar-refractivity contribution >= 4 is 34.6 Å². The Morgan fingerprint density at radius 3 is 2.93 bits per heavy atom. The summed E-state index contributed by atoms with van der Waals surface area (Å²) in [5.41, 5.74) is 2.18. The van der Waals surface area contributed by atoms with Crippen LogP contribution in [0.25, 0.3) is 6.08 Å². The van der Waals surface area contributed by atoms with Crippen LogP contribution in [0.1, 0.15) is 11.1 Å². The second-order valence-electron chi connectivity index (χ2n) is 2.86. The molecule has 0 amide bonds. The SMILES string of the molecule is O=C(O)/C=C/c1cccc(CCI)c1. The number of hydrogen-bond acceptors (Lipinski definition) is 1. The molecule has 1 rings (SSSR count). The highest BCUT2D eigenvalue weighted by Gasteiger charge is 1.93. The summed E-state index contributed by atoms with van der Waals surface area (Å²) in [7, 11) is 0. The van der Waals surface area contributed by atoms with E-state index in [4.69, 9.17) is 5.11 Å². The Hall–Kier alpha value is -0.840. The van der Waals surface area contributed by atoms with Crippen LogP contribution >= 0.6 is 22.6 Å². The molecule has 0 atom stereocenters. The molecule has 0 bridgehead atoms. The Bertz CT molecular complexity index is 345. The van der Waals surface area contributed by atoms with E-state index in [9.17, 15) is 4.79 Å². The number of carboxylic acid groups (broad SMARTS) is 1. The monoisotopic (exact) mass is 302 g/mol. The molecule has 0 saturated carbocycles. The second-order valence-corrected chi connectivity index (χ2v) is 3.93. The number of aryl methyl sites for hydroxylation is 1. The van der Waals surface area contributed by atoms with Gasteiger partial charge < -0.3 is 5.11 Å². The van der Waals surface area contributed by atoms with Gasteiger partial charge in [0.2, 0.25) is 0 Å². The van der Waals surface area contributed by atoms with Crippen molar-refractivity contribution in [1.29, 1.82) is 0 Å². The molecule has 0 spiro atoms. The summed E-state index contributed by atoms with van der Waals surface area (Å²) < 4.78 is 1.07. The maximum Gasteiger partial charge on any atom is 0.328 e. The zero-order valence-corrected chi connectivity index (χ0v) is 9.77. The molecular formula is C11H11IO2. The largest absolute Gasteiger partial charge is 0.478 e. The molecule has 0 heterocycles. The lowest BCUT2D eigenvalue weighted by Gasteiger charge is -1.98. The van der Waals surface area contributed by atoms with Gasteiger partial charge in [-0.3, -0.25) is 0 Å². The molecular weight excluding hydrogens is 291 g/mol. The maximum absolute atomic E-state index is 10.3. The molecule has 1 aromatic rings. The number of carbonyl (C=O) groups is 1. The number of alkyl halides is 1. The highest BCUT2D eigenvalue weighted by Crippen LogP contribution is 2.08. The van der Waals surface area contributed by atoms with Gasteiger partial charge in [-0.2, -0.15) is 0 Å². The van der Waals surface area contributed by atoms with Crippen LogP contribution in [0, 0.1) is 0 Å². The van der Waals surface area contributed by atoms with Gasteiger partial charge in [-0.15, -0.1) is 0 Å². The molecule has 0 radical (unpaired) electrons. The highest BCUT2D eigenvalue weighted by atomic mass is 127. The first-order chi connectivity index (χ1) is 6.72. The van der Waals surface area contributed by atoms with Crippen LogP contribution in [0.4, 0.5) is 0 Å². The fraction of sp³-hybridized carbons (Fsp3) is 0.182. The lowest BCUT2D eigenvalue weighted by Crippen LogP contribution is -1.88. The number of benzene rings is 1. The van der Waals surface area contributed by atoms with E-state index in [1.165, 1.54) is 5.56 Å². The predicted molar refractivity (Wildman–Crippen MR) is 65.7 cm³/mol. The summed E-state index contributed by atoms with van der Waals surface area (Å²) in [6.07, 6.45) is 3.79. The number of hydrogen-bond donors (Lipinski definition) is 1. The minimum Gasteiger partial charge on any atom is -0.478 e. The van der Waals surface area contributed by atoms with Crippen molar-refractivity contribution in [2.45, 2.75) is 6.42 Å². The van der Waals surface area contributed by atoms with Crippen molar-refractivity contribution < 1.29 is 9.90 Å². The van der Waals surface area contributed by atoms with Gasteiger partial charge >= 0.3 is 5.97 Å². The second kappa shape index (κ2) is 5.80. The quantitative estimate of drug-likeness (QED) is 0.527. The Balaban J connectivity index is 2.77. The molecule has 3 heteroatoms. The molecule has 0 aromatic heterocycles. The van der Waals surface area contributed by atoms with E-state index >= 15 is 0 Å². The molecule has 0 aliphatic rings. The van der Waals surface area contributed by atoms with Gasteiger partial charge in [-0.25, -0.2) is 4.79 Å². The van der Waals surface area contributed by atoms with Crippen LogP contribution in [0.3, 0.4) is 0 Å². The van der Waals surface area contributed by atoms with Crippen LogP contribution in [-0.4, -0.2) is 15.5 Å². The van der Waals surface area contributed by atoms with E-state index in [0.717, 1.165) is 22.5 Å². The third-order valence-electron chi connectivity index (χ3n) is 1.75. The third-order valence-corrected chi connectivity index (χ3v) is 2.29. The standard InChI is InChI=1S/C11H11IO2/c12-7-6-10-3-1-2-9(8-10)4-5-11(13)14/h1-5,8H,6-7H2,(H,13,14)/b5-4+. The molecule has 2 nitrogen and oxygen atoms in total. The average Bonchev–Trinajstić information content (AvgIpc) is 2.16. The van der Waals surface area contributed by atoms with E-state index in [1.807, 2.05) is 18.2 Å². The molecule has 0 aliphatic heterocycles. The van der Waals surface area contributed by atoms with Crippen molar-refractivity contribution in [2.75, 3.05) is 4.43 Å². The molecule has 0 fully saturated rings. The van der Waals surface area contributed by atoms with Crippen molar-refractivity contribution in [3.05, 3.63) is 41.5 Å². The summed E-state index contributed by atoms with van der Waals surface area (Å²) >= 11 is 2.32. The van der Waals surface area contributed by atoms with Gasteiger partial charge in [-0.1, -0.05) is 46.9 Å². The summed E-state index contributed by atoms with van der Waals surface area (Å²) in [4.78, 5) is 10.3. The molecule has 0 unspecified atom stereocenters. The Morgan fingerprint density at radius 1 is 1.50 bits per heavy atom. The molecule has 0 saturated heterocycles. The number of aliphatic carboxylic acids is 1. The Labute approximate surface area is 96.8 Å². The Kier molecular flexibility index (Phi) is 4.65. The fourth-order valence-electron chi connectivity index (χ4n) is 1.13. The summed E-state index contributed by atoms with van der Waals surface area (Å²) in [6, 6.07) is 7.91. The lowest BCUT2D eigenvalue weighted by molar-refractivity contribution is -0.131. The van der Waals surface area contributed by atoms with Gasteiger partial charge in [0.15, 0.2) is 0 Å². The molecule has 14 heavy (non-hydrogen) atoms. The van der Waals surface area contributed by atoms with Crippen LogP contribution < -0.4 is 0 Å². The molecule has 74 valence electrons. The number of rotatable bonds is 4. The Morgan fingerprint density at radius 2 is 2.29 bits per heavy atom. The van der Waals surface area contributed by atoms with Crippen LogP contribution in [0.2, 0.25) is 0 Å². The minimum atomic E-state index is -0.913. The van der Waals surface area contributed by atoms with Gasteiger partial charge in [0.25, 0.3) is 0 Å². The van der Waals surface area contributed by atoms with Gasteiger partial charge in [0.1, 0.15) is 0 Å². The van der Waals surface area contributed by atoms with Crippen molar-refractivity contribution in [2.24, 2.45) is 0 Å². The van der Waals surface area contributed by atoms with E-state index in [-0.39, 0.29) is 0 Å². The average molecular weight is 302 g/mol. The van der Waals surface area contributed by atoms with E-state index in [0.29, 0.717) is 0 Å². The van der Waals surface area contributed by atoms with Crippen LogP contribution in [0.15, 0.2) is 30.3 Å². The van der Waals surface area contributed by atoms with Crippen LogP contribution in [-0.2, 0) is 11.2 Å². The highest BCUT2D eigenvalue weighted by molar-refractivity contribution is 14.1. The van der Waals surface area contributed by atoms with E-state index < -0.39 is 5.97 Å². The van der Waals surface area contributed by atoms with E-state index in [1.54, 1.807) is 6.08 Å². The minimum absolute atomic E-state index is 0.913. The van der Waals surface area contributed by atoms with Gasteiger partial charge in [-0.05, 0) is 23.6 Å². The first-order valence-corrected chi connectivity index (χ1v) is 5.81. The fourth-order valence-corrected chi connectivity index (χ4v) is 1.75. The van der Waals surface area contributed by atoms with Gasteiger partial charge in [0, 0.05) is 10.5 Å². The summed E-state index contributed by atoms with van der Waals surface area (Å²) in [6.45, 7) is 0. The van der Waals surface area contributed by atoms with Crippen molar-refractivity contribution in [3.8, 4) is 0 Å². The first kappa shape index (κ1) is 11.2. The lowest BCUT2D eigenvalue weighted by atomic mass is 10.1. The third kappa shape index (κ3) is 3.91.